The Hall–Kier alpha value is -2.04. The van der Waals surface area contributed by atoms with Gasteiger partial charge < -0.3 is 10.1 Å². The monoisotopic (exact) mass is 290 g/mol. The fourth-order valence-electron chi connectivity index (χ4n) is 1.80. The molecule has 1 amide bonds. The van der Waals surface area contributed by atoms with Gasteiger partial charge in [0, 0.05) is 11.5 Å². The highest BCUT2D eigenvalue weighted by Gasteiger charge is 2.24. The van der Waals surface area contributed by atoms with E-state index in [1.54, 1.807) is 6.92 Å². The molecular weight excluding hydrogens is 268 g/mol. The van der Waals surface area contributed by atoms with Crippen molar-refractivity contribution in [3.05, 3.63) is 46.3 Å². The Balaban J connectivity index is 2.54. The molecule has 0 fully saturated rings. The van der Waals surface area contributed by atoms with Crippen molar-refractivity contribution in [1.82, 2.24) is 5.32 Å². The summed E-state index contributed by atoms with van der Waals surface area (Å²) < 4.78 is 5.64. The number of azide groups is 1. The lowest BCUT2D eigenvalue weighted by atomic mass is 10.1. The van der Waals surface area contributed by atoms with Gasteiger partial charge in [-0.15, -0.1) is 0 Å². The van der Waals surface area contributed by atoms with Crippen LogP contribution in [0.4, 0.5) is 0 Å². The molecule has 0 aliphatic rings. The molecule has 0 unspecified atom stereocenters. The second-order valence-electron chi connectivity index (χ2n) is 4.80. The van der Waals surface area contributed by atoms with Gasteiger partial charge in [-0.25, -0.2) is 0 Å². The fraction of sp³-hybridized carbons (Fsp3) is 0.533. The Morgan fingerprint density at radius 1 is 1.43 bits per heavy atom. The van der Waals surface area contributed by atoms with Gasteiger partial charge in [-0.2, -0.15) is 0 Å². The van der Waals surface area contributed by atoms with Crippen LogP contribution in [0.5, 0.6) is 0 Å². The third-order valence-electron chi connectivity index (χ3n) is 3.07. The zero-order valence-corrected chi connectivity index (χ0v) is 12.5. The number of rotatable bonds is 9. The predicted octanol–water partition coefficient (Wildman–Crippen LogP) is 3.19. The Labute approximate surface area is 125 Å². The molecule has 114 valence electrons. The molecule has 1 aromatic carbocycles. The van der Waals surface area contributed by atoms with Crippen molar-refractivity contribution in [3.8, 4) is 0 Å². The number of benzene rings is 1. The summed E-state index contributed by atoms with van der Waals surface area (Å²) in [7, 11) is 0. The minimum atomic E-state index is -0.851. The molecule has 0 heterocycles. The molecule has 6 heteroatoms. The van der Waals surface area contributed by atoms with Crippen LogP contribution in [-0.2, 0) is 16.1 Å². The standard InChI is InChI=1S/C15H22N4O2/c1-3-4-10-17-15(20)14(18-19-16)12(2)21-11-13-8-6-5-7-9-13/h5-9,12,14H,3-4,10-11H2,1-2H3,(H,17,20)/t12-,14-/m0/s1. The van der Waals surface area contributed by atoms with Crippen LogP contribution in [0.1, 0.15) is 32.3 Å². The SMILES string of the molecule is CCCCNC(=O)[C@@H](N=[N+]=[N-])[C@H](C)OCc1ccccc1. The van der Waals surface area contributed by atoms with Crippen molar-refractivity contribution in [3.63, 3.8) is 0 Å². The number of nitrogens with zero attached hydrogens (tertiary/aromatic N) is 3. The number of amides is 1. The highest BCUT2D eigenvalue weighted by molar-refractivity contribution is 5.82. The number of unbranched alkanes of at least 4 members (excludes halogenated alkanes) is 1. The number of nitrogens with one attached hydrogen (secondary N) is 1. The Bertz CT molecular complexity index is 472. The third-order valence-corrected chi connectivity index (χ3v) is 3.07. The van der Waals surface area contributed by atoms with Gasteiger partial charge in [0.2, 0.25) is 5.91 Å². The van der Waals surface area contributed by atoms with Crippen LogP contribution in [-0.4, -0.2) is 24.6 Å². The summed E-state index contributed by atoms with van der Waals surface area (Å²) in [5, 5.41) is 6.32. The first-order chi connectivity index (χ1) is 10.2. The van der Waals surface area contributed by atoms with Crippen LogP contribution in [0.15, 0.2) is 35.4 Å². The van der Waals surface area contributed by atoms with Gasteiger partial charge in [0.05, 0.1) is 12.7 Å². The number of carbonyl (C=O) groups is 1. The highest BCUT2D eigenvalue weighted by Crippen LogP contribution is 2.09. The van der Waals surface area contributed by atoms with Crippen LogP contribution in [0.25, 0.3) is 10.4 Å². The van der Waals surface area contributed by atoms with E-state index in [0.29, 0.717) is 13.2 Å². The van der Waals surface area contributed by atoms with Crippen molar-refractivity contribution in [2.75, 3.05) is 6.54 Å². The molecule has 1 aromatic rings. The number of ether oxygens (including phenoxy) is 1. The van der Waals surface area contributed by atoms with Crippen LogP contribution >= 0.6 is 0 Å². The average Bonchev–Trinajstić information content (AvgIpc) is 2.51. The van der Waals surface area contributed by atoms with E-state index >= 15 is 0 Å². The first-order valence-electron chi connectivity index (χ1n) is 7.16. The molecule has 2 atom stereocenters. The summed E-state index contributed by atoms with van der Waals surface area (Å²) in [6, 6.07) is 8.80. The number of carbonyl (C=O) groups excluding carboxylic acids is 1. The van der Waals surface area contributed by atoms with Gasteiger partial charge in [0.25, 0.3) is 0 Å². The smallest absolute Gasteiger partial charge is 0.231 e. The quantitative estimate of drug-likeness (QED) is 0.327. The Kier molecular flexibility index (Phi) is 7.94. The maximum Gasteiger partial charge on any atom is 0.231 e. The molecule has 0 aromatic heterocycles. The lowest BCUT2D eigenvalue weighted by Crippen LogP contribution is -2.41. The zero-order valence-electron chi connectivity index (χ0n) is 12.5. The van der Waals surface area contributed by atoms with Crippen molar-refractivity contribution in [1.29, 1.82) is 0 Å². The van der Waals surface area contributed by atoms with Crippen LogP contribution < -0.4 is 5.32 Å². The van der Waals surface area contributed by atoms with Gasteiger partial charge in [-0.05, 0) is 24.4 Å². The molecule has 0 radical (unpaired) electrons. The predicted molar refractivity (Wildman–Crippen MR) is 81.5 cm³/mol. The fourth-order valence-corrected chi connectivity index (χ4v) is 1.80. The van der Waals surface area contributed by atoms with E-state index in [1.807, 2.05) is 37.3 Å². The summed E-state index contributed by atoms with van der Waals surface area (Å²) in [6.07, 6.45) is 1.41. The van der Waals surface area contributed by atoms with Crippen molar-refractivity contribution in [2.24, 2.45) is 5.11 Å². The maximum atomic E-state index is 12.0. The summed E-state index contributed by atoms with van der Waals surface area (Å²) in [6.45, 7) is 4.74. The molecule has 0 saturated heterocycles. The third kappa shape index (κ3) is 6.29. The normalized spacial score (nSPS) is 13.0. The maximum absolute atomic E-state index is 12.0. The molecule has 0 aliphatic heterocycles. The molecule has 0 spiro atoms. The summed E-state index contributed by atoms with van der Waals surface area (Å²) in [5.41, 5.74) is 9.62. The summed E-state index contributed by atoms with van der Waals surface area (Å²) >= 11 is 0. The van der Waals surface area contributed by atoms with Crippen LogP contribution in [0, 0.1) is 0 Å². The second kappa shape index (κ2) is 9.80. The van der Waals surface area contributed by atoms with E-state index in [1.165, 1.54) is 0 Å². The lowest BCUT2D eigenvalue weighted by Gasteiger charge is -2.19. The Morgan fingerprint density at radius 2 is 2.14 bits per heavy atom. The van der Waals surface area contributed by atoms with Gasteiger partial charge in [-0.1, -0.05) is 48.8 Å². The minimum absolute atomic E-state index is 0.290. The summed E-state index contributed by atoms with van der Waals surface area (Å²) in [4.78, 5) is 14.8. The van der Waals surface area contributed by atoms with Gasteiger partial charge in [0.15, 0.2) is 0 Å². The van der Waals surface area contributed by atoms with E-state index in [4.69, 9.17) is 10.3 Å². The average molecular weight is 290 g/mol. The molecular formula is C15H22N4O2. The van der Waals surface area contributed by atoms with E-state index < -0.39 is 12.1 Å². The molecule has 0 aliphatic carbocycles. The van der Waals surface area contributed by atoms with Gasteiger partial charge >= 0.3 is 0 Å². The van der Waals surface area contributed by atoms with Crippen LogP contribution in [0.3, 0.4) is 0 Å². The van der Waals surface area contributed by atoms with Gasteiger partial charge in [-0.3, -0.25) is 4.79 Å². The van der Waals surface area contributed by atoms with E-state index in [9.17, 15) is 4.79 Å². The second-order valence-corrected chi connectivity index (χ2v) is 4.80. The molecule has 21 heavy (non-hydrogen) atoms. The molecule has 1 rings (SSSR count). The van der Waals surface area contributed by atoms with E-state index in [-0.39, 0.29) is 5.91 Å². The molecule has 1 N–H and O–H groups in total. The first kappa shape index (κ1) is 17.0. The van der Waals surface area contributed by atoms with Crippen molar-refractivity contribution < 1.29 is 9.53 Å². The van der Waals surface area contributed by atoms with E-state index in [0.717, 1.165) is 18.4 Å². The molecule has 0 bridgehead atoms. The lowest BCUT2D eigenvalue weighted by molar-refractivity contribution is -0.125. The highest BCUT2D eigenvalue weighted by atomic mass is 16.5. The van der Waals surface area contributed by atoms with Gasteiger partial charge in [0.1, 0.15) is 6.04 Å². The number of hydrogen-bond acceptors (Lipinski definition) is 3. The molecule has 0 saturated carbocycles. The largest absolute Gasteiger partial charge is 0.373 e. The molecule has 6 nitrogen and oxygen atoms in total. The van der Waals surface area contributed by atoms with Crippen molar-refractivity contribution >= 4 is 5.91 Å². The van der Waals surface area contributed by atoms with Crippen LogP contribution in [0.2, 0.25) is 0 Å². The Morgan fingerprint density at radius 3 is 2.76 bits per heavy atom. The minimum Gasteiger partial charge on any atom is -0.373 e. The topological polar surface area (TPSA) is 87.1 Å². The van der Waals surface area contributed by atoms with E-state index in [2.05, 4.69) is 15.3 Å². The van der Waals surface area contributed by atoms with Crippen molar-refractivity contribution in [2.45, 2.75) is 45.4 Å². The first-order valence-corrected chi connectivity index (χ1v) is 7.16. The number of hydrogen-bond donors (Lipinski definition) is 1. The zero-order chi connectivity index (χ0) is 15.5. The summed E-state index contributed by atoms with van der Waals surface area (Å²) in [5.74, 6) is -0.290.